The van der Waals surface area contributed by atoms with Crippen LogP contribution in [0.3, 0.4) is 0 Å². The minimum Gasteiger partial charge on any atom is -0.390 e. The predicted octanol–water partition coefficient (Wildman–Crippen LogP) is 4.33. The van der Waals surface area contributed by atoms with Gasteiger partial charge in [0.25, 0.3) is 0 Å². The molecule has 1 unspecified atom stereocenters. The molecular formula is C14H21I2NO3S. The minimum atomic E-state index is -0.214. The number of fused-ring (bicyclic) bond motifs is 1. The topological polar surface area (TPSA) is 38.8 Å². The fourth-order valence-corrected chi connectivity index (χ4v) is 5.44. The summed E-state index contributed by atoms with van der Waals surface area (Å²) in [4.78, 5) is 15.6. The van der Waals surface area contributed by atoms with Gasteiger partial charge in [0.2, 0.25) is 0 Å². The van der Waals surface area contributed by atoms with Gasteiger partial charge in [0.1, 0.15) is 28.7 Å². The van der Waals surface area contributed by atoms with Crippen molar-refractivity contribution in [1.82, 2.24) is 4.90 Å². The van der Waals surface area contributed by atoms with Crippen LogP contribution in [-0.2, 0) is 10.9 Å². The van der Waals surface area contributed by atoms with E-state index in [4.69, 9.17) is 6.13 Å². The van der Waals surface area contributed by atoms with Crippen LogP contribution in [0.15, 0.2) is 10.6 Å². The largest absolute Gasteiger partial charge is 0.390 e. The minimum absolute atomic E-state index is 0.0753. The van der Waals surface area contributed by atoms with Crippen molar-refractivity contribution in [3.8, 4) is 0 Å². The quantitative estimate of drug-likeness (QED) is 0.472. The Morgan fingerprint density at radius 2 is 2.24 bits per heavy atom. The molecule has 0 radical (unpaired) electrons. The molecule has 0 amide bonds. The highest BCUT2D eigenvalue weighted by molar-refractivity contribution is 14.1. The monoisotopic (exact) mass is 537 g/mol. The Balaban J connectivity index is 2.29. The first-order valence-electron chi connectivity index (χ1n) is 7.16. The van der Waals surface area contributed by atoms with E-state index >= 15 is 0 Å². The van der Waals surface area contributed by atoms with Crippen LogP contribution < -0.4 is 0 Å². The molecule has 4 nitrogen and oxygen atoms in total. The van der Waals surface area contributed by atoms with E-state index in [1.807, 2.05) is 23.0 Å². The number of carbonyl (C=O) groups excluding carboxylic acids is 1. The number of nitrogens with zero attached hydrogens (tertiary/aromatic N) is 1. The van der Waals surface area contributed by atoms with Crippen molar-refractivity contribution in [2.75, 3.05) is 12.3 Å². The number of rotatable bonds is 6. The molecule has 0 aromatic rings. The van der Waals surface area contributed by atoms with Gasteiger partial charge in [0.15, 0.2) is 23.0 Å². The summed E-state index contributed by atoms with van der Waals surface area (Å²) in [5.41, 5.74) is 0.852. The molecule has 120 valence electrons. The molecule has 4 atom stereocenters. The van der Waals surface area contributed by atoms with Crippen LogP contribution in [0.25, 0.3) is 0 Å². The van der Waals surface area contributed by atoms with Crippen molar-refractivity contribution >= 4 is 63.7 Å². The molecule has 2 aliphatic heterocycles. The average molecular weight is 537 g/mol. The van der Waals surface area contributed by atoms with Crippen molar-refractivity contribution in [2.24, 2.45) is 11.3 Å². The summed E-state index contributed by atoms with van der Waals surface area (Å²) in [7, 11) is 0. The maximum atomic E-state index is 12.2. The zero-order chi connectivity index (χ0) is 15.8. The molecule has 0 aromatic heterocycles. The van der Waals surface area contributed by atoms with Crippen molar-refractivity contribution in [1.29, 1.82) is 0 Å². The Bertz CT molecular complexity index is 460. The lowest BCUT2D eigenvalue weighted by atomic mass is 9.67. The first-order valence-corrected chi connectivity index (χ1v) is 9.91. The lowest BCUT2D eigenvalue weighted by Gasteiger charge is -2.57. The van der Waals surface area contributed by atoms with Crippen LogP contribution in [0.2, 0.25) is 0 Å². The SMILES string of the molecule is CCCSC1=C(C(=O)OI)N2C[C@](C)([C@@H](C)OI)C2[C@H]1C. The van der Waals surface area contributed by atoms with Crippen LogP contribution in [0.4, 0.5) is 0 Å². The van der Waals surface area contributed by atoms with Crippen LogP contribution >= 0.6 is 57.8 Å². The molecule has 0 N–H and O–H groups in total. The molecule has 0 aromatic carbocycles. The Kier molecular flexibility index (Phi) is 6.15. The number of hydrogen-bond acceptors (Lipinski definition) is 5. The standard InChI is InChI=1S/C14H21I2NO3S/c1-5-6-21-11-8(2)12-14(4,9(3)19-15)7-17(12)10(11)13(18)20-16/h8-9,12H,5-7H2,1-4H3/t8-,9+,12?,14+/m0/s1. The normalized spacial score (nSPS) is 32.8. The smallest absolute Gasteiger partial charge is 0.364 e. The first kappa shape index (κ1) is 18.1. The maximum absolute atomic E-state index is 12.2. The molecule has 21 heavy (non-hydrogen) atoms. The number of hydrogen-bond donors (Lipinski definition) is 0. The second-order valence-corrected chi connectivity index (χ2v) is 8.11. The molecule has 2 aliphatic rings. The molecule has 1 saturated heterocycles. The number of carbonyl (C=O) groups is 1. The fourth-order valence-electron chi connectivity index (χ4n) is 3.50. The third kappa shape index (κ3) is 2.96. The second kappa shape index (κ2) is 7.12. The zero-order valence-electron chi connectivity index (χ0n) is 12.7. The van der Waals surface area contributed by atoms with Gasteiger partial charge in [0.05, 0.1) is 6.10 Å². The Labute approximate surface area is 159 Å². The highest BCUT2D eigenvalue weighted by Gasteiger charge is 2.61. The van der Waals surface area contributed by atoms with Crippen LogP contribution in [-0.4, -0.2) is 35.3 Å². The molecule has 2 heterocycles. The lowest BCUT2D eigenvalue weighted by molar-refractivity contribution is -0.136. The summed E-state index contributed by atoms with van der Waals surface area (Å²) in [6.45, 7) is 9.61. The van der Waals surface area contributed by atoms with E-state index in [2.05, 4.69) is 32.6 Å². The molecule has 1 fully saturated rings. The van der Waals surface area contributed by atoms with Crippen molar-refractivity contribution in [3.05, 3.63) is 10.6 Å². The van der Waals surface area contributed by atoms with Crippen LogP contribution in [0, 0.1) is 11.3 Å². The first-order chi connectivity index (χ1) is 9.92. The van der Waals surface area contributed by atoms with Gasteiger partial charge in [0, 0.05) is 28.8 Å². The van der Waals surface area contributed by atoms with E-state index in [-0.39, 0.29) is 17.5 Å². The second-order valence-electron chi connectivity index (χ2n) is 6.02. The molecule has 0 bridgehead atoms. The number of thioether (sulfide) groups is 1. The highest BCUT2D eigenvalue weighted by atomic mass is 127. The maximum Gasteiger partial charge on any atom is 0.364 e. The van der Waals surface area contributed by atoms with E-state index in [0.717, 1.165) is 24.4 Å². The van der Waals surface area contributed by atoms with Gasteiger partial charge in [-0.05, 0) is 19.1 Å². The van der Waals surface area contributed by atoms with E-state index in [9.17, 15) is 4.79 Å². The third-order valence-corrected chi connectivity index (χ3v) is 7.37. The molecule has 0 saturated carbocycles. The predicted molar refractivity (Wildman–Crippen MR) is 102 cm³/mol. The van der Waals surface area contributed by atoms with Gasteiger partial charge in [-0.25, -0.2) is 4.79 Å². The number of halogens is 2. The summed E-state index contributed by atoms with van der Waals surface area (Å²) < 4.78 is 10.5. The van der Waals surface area contributed by atoms with Gasteiger partial charge < -0.3 is 11.0 Å². The average Bonchev–Trinajstić information content (AvgIpc) is 2.70. The Morgan fingerprint density at radius 3 is 2.76 bits per heavy atom. The fraction of sp³-hybridized carbons (Fsp3) is 0.786. The van der Waals surface area contributed by atoms with Gasteiger partial charge in [-0.2, -0.15) is 0 Å². The highest BCUT2D eigenvalue weighted by Crippen LogP contribution is 2.56. The molecule has 2 rings (SSSR count). The van der Waals surface area contributed by atoms with Gasteiger partial charge in [-0.3, -0.25) is 0 Å². The van der Waals surface area contributed by atoms with E-state index < -0.39 is 0 Å². The summed E-state index contributed by atoms with van der Waals surface area (Å²) in [5, 5.41) is 0. The Morgan fingerprint density at radius 1 is 1.57 bits per heavy atom. The zero-order valence-corrected chi connectivity index (χ0v) is 17.8. The summed E-state index contributed by atoms with van der Waals surface area (Å²) in [5.74, 6) is 1.17. The van der Waals surface area contributed by atoms with E-state index in [1.165, 1.54) is 4.91 Å². The lowest BCUT2D eigenvalue weighted by Crippen LogP contribution is -2.66. The molecule has 0 aliphatic carbocycles. The third-order valence-electron chi connectivity index (χ3n) is 4.72. The van der Waals surface area contributed by atoms with E-state index in [0.29, 0.717) is 12.0 Å². The summed E-state index contributed by atoms with van der Waals surface area (Å²) in [6.07, 6.45) is 1.26. The molecular weight excluding hydrogens is 516 g/mol. The van der Waals surface area contributed by atoms with Crippen molar-refractivity contribution in [2.45, 2.75) is 46.3 Å². The molecule has 7 heteroatoms. The summed E-state index contributed by atoms with van der Waals surface area (Å²) >= 11 is 5.47. The van der Waals surface area contributed by atoms with Crippen LogP contribution in [0.5, 0.6) is 0 Å². The van der Waals surface area contributed by atoms with Gasteiger partial charge in [-0.1, -0.05) is 20.8 Å². The van der Waals surface area contributed by atoms with Crippen LogP contribution in [0.1, 0.15) is 34.1 Å². The summed E-state index contributed by atoms with van der Waals surface area (Å²) in [6, 6.07) is 0.326. The van der Waals surface area contributed by atoms with E-state index in [1.54, 1.807) is 34.8 Å². The van der Waals surface area contributed by atoms with Gasteiger partial charge >= 0.3 is 5.97 Å². The van der Waals surface area contributed by atoms with Crippen molar-refractivity contribution < 1.29 is 10.9 Å². The Hall–Kier alpha value is 0.780. The van der Waals surface area contributed by atoms with Crippen molar-refractivity contribution in [3.63, 3.8) is 0 Å². The van der Waals surface area contributed by atoms with Gasteiger partial charge in [-0.15, -0.1) is 11.8 Å². The molecule has 0 spiro atoms.